The van der Waals surface area contributed by atoms with Crippen LogP contribution in [0, 0.1) is 5.92 Å². The largest absolute Gasteiger partial charge is 0.401 e. The normalized spacial score (nSPS) is 30.0. The predicted octanol–water partition coefficient (Wildman–Crippen LogP) is 1.67. The highest BCUT2D eigenvalue weighted by Gasteiger charge is 2.34. The molecule has 0 aromatic carbocycles. The van der Waals surface area contributed by atoms with Crippen molar-refractivity contribution in [3.8, 4) is 0 Å². The lowest BCUT2D eigenvalue weighted by atomic mass is 10.0. The van der Waals surface area contributed by atoms with Gasteiger partial charge in [0.05, 0.1) is 12.6 Å². The van der Waals surface area contributed by atoms with Crippen LogP contribution in [0.1, 0.15) is 26.2 Å². The molecular formula is C13H23F3N4. The van der Waals surface area contributed by atoms with Crippen LogP contribution in [0.25, 0.3) is 0 Å². The highest BCUT2D eigenvalue weighted by molar-refractivity contribution is 5.78. The van der Waals surface area contributed by atoms with Gasteiger partial charge in [0.15, 0.2) is 5.96 Å². The Bertz CT molecular complexity index is 356. The maximum Gasteiger partial charge on any atom is 0.401 e. The number of hydrogen-bond acceptors (Lipinski definition) is 2. The Hall–Kier alpha value is -0.980. The van der Waals surface area contributed by atoms with Crippen molar-refractivity contribution in [2.75, 3.05) is 32.7 Å². The van der Waals surface area contributed by atoms with Gasteiger partial charge in [-0.1, -0.05) is 6.92 Å². The van der Waals surface area contributed by atoms with E-state index in [0.29, 0.717) is 31.4 Å². The van der Waals surface area contributed by atoms with E-state index in [1.54, 1.807) is 0 Å². The minimum atomic E-state index is -4.13. The second-order valence-electron chi connectivity index (χ2n) is 5.97. The van der Waals surface area contributed by atoms with Crippen molar-refractivity contribution in [2.24, 2.45) is 16.6 Å². The number of hydrogen-bond donors (Lipinski definition) is 1. The van der Waals surface area contributed by atoms with Gasteiger partial charge in [-0.3, -0.25) is 4.90 Å². The molecule has 2 atom stereocenters. The van der Waals surface area contributed by atoms with Crippen LogP contribution < -0.4 is 5.73 Å². The lowest BCUT2D eigenvalue weighted by molar-refractivity contribution is -0.143. The number of likely N-dealkylation sites (tertiary alicyclic amines) is 2. The number of rotatable bonds is 2. The van der Waals surface area contributed by atoms with E-state index in [0.717, 1.165) is 19.5 Å². The summed E-state index contributed by atoms with van der Waals surface area (Å²) in [4.78, 5) is 7.88. The number of nitrogens with zero attached hydrogens (tertiary/aromatic N) is 3. The minimum Gasteiger partial charge on any atom is -0.370 e. The molecule has 0 radical (unpaired) electrons. The molecule has 2 fully saturated rings. The van der Waals surface area contributed by atoms with E-state index in [1.807, 2.05) is 0 Å². The van der Waals surface area contributed by atoms with Crippen LogP contribution in [0.2, 0.25) is 0 Å². The summed E-state index contributed by atoms with van der Waals surface area (Å²) >= 11 is 0. The second-order valence-corrected chi connectivity index (χ2v) is 5.97. The van der Waals surface area contributed by atoms with Gasteiger partial charge in [0.2, 0.25) is 0 Å². The smallest absolute Gasteiger partial charge is 0.370 e. The first-order valence-corrected chi connectivity index (χ1v) is 7.21. The monoisotopic (exact) mass is 292 g/mol. The van der Waals surface area contributed by atoms with Gasteiger partial charge in [-0.05, 0) is 25.2 Å². The molecule has 7 heteroatoms. The molecule has 2 aliphatic rings. The maximum absolute atomic E-state index is 12.3. The Balaban J connectivity index is 1.85. The van der Waals surface area contributed by atoms with Crippen LogP contribution >= 0.6 is 0 Å². The van der Waals surface area contributed by atoms with Crippen molar-refractivity contribution >= 4 is 5.96 Å². The van der Waals surface area contributed by atoms with Crippen LogP contribution in [-0.4, -0.2) is 60.7 Å². The summed E-state index contributed by atoms with van der Waals surface area (Å²) in [7, 11) is 0. The van der Waals surface area contributed by atoms with Crippen molar-refractivity contribution in [3.05, 3.63) is 0 Å². The number of guanidine groups is 1. The fourth-order valence-electron chi connectivity index (χ4n) is 2.98. The molecule has 2 saturated heterocycles. The third-order valence-electron chi connectivity index (χ3n) is 3.95. The average molecular weight is 292 g/mol. The van der Waals surface area contributed by atoms with Crippen molar-refractivity contribution in [3.63, 3.8) is 0 Å². The lowest BCUT2D eigenvalue weighted by Gasteiger charge is -2.32. The van der Waals surface area contributed by atoms with Gasteiger partial charge in [-0.15, -0.1) is 0 Å². The summed E-state index contributed by atoms with van der Waals surface area (Å²) in [6, 6.07) is -0.102. The molecule has 4 nitrogen and oxygen atoms in total. The molecule has 0 bridgehead atoms. The zero-order chi connectivity index (χ0) is 14.8. The van der Waals surface area contributed by atoms with E-state index >= 15 is 0 Å². The first kappa shape index (κ1) is 15.4. The zero-order valence-corrected chi connectivity index (χ0v) is 11.9. The van der Waals surface area contributed by atoms with Crippen molar-refractivity contribution in [1.82, 2.24) is 9.80 Å². The standard InChI is InChI=1S/C13H23F3N4/c1-10-3-2-5-20(7-10)12(17)18-11-4-6-19(8-11)9-13(14,15)16/h10-11H,2-9H2,1H3,(H2,17,18). The molecule has 2 N–H and O–H groups in total. The van der Waals surface area contributed by atoms with Gasteiger partial charge in [0.25, 0.3) is 0 Å². The van der Waals surface area contributed by atoms with Gasteiger partial charge in [-0.2, -0.15) is 13.2 Å². The number of nitrogens with two attached hydrogens (primary N) is 1. The first-order chi connectivity index (χ1) is 9.33. The summed E-state index contributed by atoms with van der Waals surface area (Å²) in [6.45, 7) is 3.92. The minimum absolute atomic E-state index is 0.102. The quantitative estimate of drug-likeness (QED) is 0.622. The molecule has 2 rings (SSSR count). The third-order valence-corrected chi connectivity index (χ3v) is 3.95. The summed E-state index contributed by atoms with van der Waals surface area (Å²) in [6.07, 6.45) is -1.18. The molecule has 2 heterocycles. The molecule has 116 valence electrons. The van der Waals surface area contributed by atoms with Crippen molar-refractivity contribution in [1.29, 1.82) is 0 Å². The molecule has 2 unspecified atom stereocenters. The highest BCUT2D eigenvalue weighted by Crippen LogP contribution is 2.21. The summed E-state index contributed by atoms with van der Waals surface area (Å²) in [5.41, 5.74) is 6.00. The molecule has 0 aromatic heterocycles. The van der Waals surface area contributed by atoms with E-state index in [2.05, 4.69) is 16.8 Å². The Kier molecular flexibility index (Phi) is 4.78. The van der Waals surface area contributed by atoms with Crippen LogP contribution in [0.4, 0.5) is 13.2 Å². The Labute approximate surface area is 117 Å². The molecule has 0 aromatic rings. The van der Waals surface area contributed by atoms with Gasteiger partial charge in [0.1, 0.15) is 0 Å². The van der Waals surface area contributed by atoms with Crippen LogP contribution in [0.15, 0.2) is 4.99 Å². The maximum atomic E-state index is 12.3. The first-order valence-electron chi connectivity index (χ1n) is 7.21. The molecule has 0 spiro atoms. The Morgan fingerprint density at radius 1 is 1.25 bits per heavy atom. The molecule has 0 aliphatic carbocycles. The lowest BCUT2D eigenvalue weighted by Crippen LogP contribution is -2.44. The SMILES string of the molecule is CC1CCCN(C(N)=NC2CCN(CC(F)(F)F)C2)C1. The summed E-state index contributed by atoms with van der Waals surface area (Å²) in [5, 5.41) is 0. The number of halogens is 3. The van der Waals surface area contributed by atoms with E-state index in [9.17, 15) is 13.2 Å². The number of alkyl halides is 3. The van der Waals surface area contributed by atoms with Crippen LogP contribution in [-0.2, 0) is 0 Å². The predicted molar refractivity (Wildman–Crippen MR) is 72.5 cm³/mol. The van der Waals surface area contributed by atoms with Gasteiger partial charge < -0.3 is 10.6 Å². The van der Waals surface area contributed by atoms with E-state index in [1.165, 1.54) is 11.3 Å². The fourth-order valence-corrected chi connectivity index (χ4v) is 2.98. The fraction of sp³-hybridized carbons (Fsp3) is 0.923. The van der Waals surface area contributed by atoms with Gasteiger partial charge in [-0.25, -0.2) is 4.99 Å². The molecule has 2 aliphatic heterocycles. The Morgan fingerprint density at radius 3 is 2.65 bits per heavy atom. The topological polar surface area (TPSA) is 44.9 Å². The van der Waals surface area contributed by atoms with Crippen molar-refractivity contribution in [2.45, 2.75) is 38.4 Å². The average Bonchev–Trinajstić information content (AvgIpc) is 2.74. The van der Waals surface area contributed by atoms with E-state index in [-0.39, 0.29) is 6.04 Å². The van der Waals surface area contributed by atoms with Crippen molar-refractivity contribution < 1.29 is 13.2 Å². The van der Waals surface area contributed by atoms with Crippen LogP contribution in [0.5, 0.6) is 0 Å². The number of piperidine rings is 1. The molecular weight excluding hydrogens is 269 g/mol. The molecule has 0 saturated carbocycles. The number of aliphatic imine (C=N–C) groups is 1. The van der Waals surface area contributed by atoms with Crippen LogP contribution in [0.3, 0.4) is 0 Å². The van der Waals surface area contributed by atoms with E-state index < -0.39 is 12.7 Å². The van der Waals surface area contributed by atoms with E-state index in [4.69, 9.17) is 5.73 Å². The summed E-state index contributed by atoms with van der Waals surface area (Å²) in [5.74, 6) is 1.10. The molecule has 0 amide bonds. The van der Waals surface area contributed by atoms with Gasteiger partial charge in [0, 0.05) is 26.2 Å². The summed E-state index contributed by atoms with van der Waals surface area (Å²) < 4.78 is 37.0. The zero-order valence-electron chi connectivity index (χ0n) is 11.9. The third kappa shape index (κ3) is 4.54. The van der Waals surface area contributed by atoms with Gasteiger partial charge >= 0.3 is 6.18 Å². The highest BCUT2D eigenvalue weighted by atomic mass is 19.4. The second kappa shape index (κ2) is 6.20. The Morgan fingerprint density at radius 2 is 2.00 bits per heavy atom. The molecule has 20 heavy (non-hydrogen) atoms.